The Kier molecular flexibility index (Phi) is 6.07. The molecule has 3 amide bonds. The first-order valence-corrected chi connectivity index (χ1v) is 8.35. The van der Waals surface area contributed by atoms with Gasteiger partial charge in [-0.05, 0) is 45.4 Å². The Bertz CT molecular complexity index is 695. The molecule has 0 spiro atoms. The molecule has 1 aliphatic heterocycles. The summed E-state index contributed by atoms with van der Waals surface area (Å²) in [6.45, 7) is 7.70. The molecule has 1 aromatic rings. The van der Waals surface area contributed by atoms with Gasteiger partial charge in [0.05, 0.1) is 6.42 Å². The second-order valence-corrected chi connectivity index (χ2v) is 6.98. The Morgan fingerprint density at radius 1 is 1.15 bits per heavy atom. The number of esters is 1. The zero-order valence-corrected chi connectivity index (χ0v) is 15.4. The first kappa shape index (κ1) is 19.6. The average Bonchev–Trinajstić information content (AvgIpc) is 2.52. The molecule has 142 valence electrons. The number of amides is 3. The molecule has 1 heterocycles. The Balaban J connectivity index is 1.85. The molecule has 2 rings (SSSR count). The van der Waals surface area contributed by atoms with Gasteiger partial charge in [-0.3, -0.25) is 14.9 Å². The molecule has 8 nitrogen and oxygen atoms in total. The van der Waals surface area contributed by atoms with E-state index in [-0.39, 0.29) is 6.42 Å². The summed E-state index contributed by atoms with van der Waals surface area (Å²) in [5, 5.41) is 4.73. The third-order valence-electron chi connectivity index (χ3n) is 3.36. The van der Waals surface area contributed by atoms with Crippen molar-refractivity contribution in [2.75, 3.05) is 13.2 Å². The summed E-state index contributed by atoms with van der Waals surface area (Å²) in [6, 6.07) is 4.52. The van der Waals surface area contributed by atoms with Crippen LogP contribution in [0.5, 0.6) is 11.5 Å². The van der Waals surface area contributed by atoms with Gasteiger partial charge in [0.25, 0.3) is 5.91 Å². The average molecular weight is 364 g/mol. The number of rotatable bonds is 4. The fraction of sp³-hybridized carbons (Fsp3) is 0.500. The smallest absolute Gasteiger partial charge is 0.321 e. The van der Waals surface area contributed by atoms with Crippen LogP contribution in [0.1, 0.15) is 33.3 Å². The minimum Gasteiger partial charge on any atom is -0.486 e. The molecule has 2 N–H and O–H groups in total. The van der Waals surface area contributed by atoms with Crippen LogP contribution in [0.2, 0.25) is 0 Å². The molecule has 8 heteroatoms. The lowest BCUT2D eigenvalue weighted by Gasteiger charge is -2.21. The van der Waals surface area contributed by atoms with E-state index >= 15 is 0 Å². The number of nitrogens with one attached hydrogen (secondary N) is 2. The summed E-state index contributed by atoms with van der Waals surface area (Å²) >= 11 is 0. The van der Waals surface area contributed by atoms with Crippen molar-refractivity contribution in [3.63, 3.8) is 0 Å². The van der Waals surface area contributed by atoms with Crippen molar-refractivity contribution in [1.82, 2.24) is 10.6 Å². The van der Waals surface area contributed by atoms with Gasteiger partial charge in [0, 0.05) is 5.54 Å². The number of benzene rings is 1. The fourth-order valence-electron chi connectivity index (χ4n) is 2.24. The summed E-state index contributed by atoms with van der Waals surface area (Å²) in [4.78, 5) is 35.6. The quantitative estimate of drug-likeness (QED) is 0.786. The lowest BCUT2D eigenvalue weighted by atomic mass is 10.1. The molecule has 1 atom stereocenters. The van der Waals surface area contributed by atoms with Crippen LogP contribution in [0.3, 0.4) is 0 Å². The Morgan fingerprint density at radius 2 is 1.81 bits per heavy atom. The molecule has 0 aromatic heterocycles. The van der Waals surface area contributed by atoms with Gasteiger partial charge in [-0.15, -0.1) is 0 Å². The maximum absolute atomic E-state index is 12.0. The molecule has 0 fully saturated rings. The minimum atomic E-state index is -1.09. The van der Waals surface area contributed by atoms with E-state index in [0.29, 0.717) is 30.3 Å². The lowest BCUT2D eigenvalue weighted by molar-refractivity contribution is -0.153. The third kappa shape index (κ3) is 5.94. The van der Waals surface area contributed by atoms with Gasteiger partial charge in [-0.2, -0.15) is 0 Å². The van der Waals surface area contributed by atoms with Crippen molar-refractivity contribution in [1.29, 1.82) is 0 Å². The van der Waals surface area contributed by atoms with E-state index in [2.05, 4.69) is 10.6 Å². The van der Waals surface area contributed by atoms with Crippen LogP contribution in [-0.4, -0.2) is 42.8 Å². The van der Waals surface area contributed by atoms with Crippen molar-refractivity contribution < 1.29 is 28.6 Å². The van der Waals surface area contributed by atoms with Crippen molar-refractivity contribution in [3.05, 3.63) is 23.8 Å². The molecule has 1 aromatic carbocycles. The normalized spacial score (nSPS) is 14.2. The maximum Gasteiger partial charge on any atom is 0.321 e. The van der Waals surface area contributed by atoms with E-state index in [9.17, 15) is 14.4 Å². The van der Waals surface area contributed by atoms with Crippen LogP contribution in [0.4, 0.5) is 4.79 Å². The summed E-state index contributed by atoms with van der Waals surface area (Å²) in [7, 11) is 0. The minimum absolute atomic E-state index is 0.0253. The van der Waals surface area contributed by atoms with Gasteiger partial charge < -0.3 is 19.5 Å². The first-order chi connectivity index (χ1) is 12.1. The first-order valence-electron chi connectivity index (χ1n) is 8.35. The summed E-state index contributed by atoms with van der Waals surface area (Å²) in [5.41, 5.74) is 0.194. The van der Waals surface area contributed by atoms with Crippen LogP contribution in [0.25, 0.3) is 0 Å². The van der Waals surface area contributed by atoms with Crippen molar-refractivity contribution in [2.45, 2.75) is 45.8 Å². The predicted molar refractivity (Wildman–Crippen MR) is 93.1 cm³/mol. The van der Waals surface area contributed by atoms with Crippen LogP contribution in [0.15, 0.2) is 18.2 Å². The van der Waals surface area contributed by atoms with Gasteiger partial charge in [0.15, 0.2) is 17.6 Å². The molecule has 0 unspecified atom stereocenters. The highest BCUT2D eigenvalue weighted by Gasteiger charge is 2.22. The van der Waals surface area contributed by atoms with Gasteiger partial charge in [0.2, 0.25) is 0 Å². The summed E-state index contributed by atoms with van der Waals surface area (Å²) in [6.07, 6.45) is -1.12. The topological polar surface area (TPSA) is 103 Å². The molecular weight excluding hydrogens is 340 g/mol. The van der Waals surface area contributed by atoms with E-state index in [0.717, 1.165) is 0 Å². The van der Waals surface area contributed by atoms with E-state index in [1.165, 1.54) is 6.92 Å². The maximum atomic E-state index is 12.0. The number of urea groups is 1. The van der Waals surface area contributed by atoms with Gasteiger partial charge in [-0.25, -0.2) is 4.79 Å². The molecule has 26 heavy (non-hydrogen) atoms. The fourth-order valence-corrected chi connectivity index (χ4v) is 2.24. The molecule has 0 bridgehead atoms. The molecule has 1 aliphatic rings. The van der Waals surface area contributed by atoms with E-state index in [1.54, 1.807) is 39.0 Å². The highest BCUT2D eigenvalue weighted by atomic mass is 16.6. The van der Waals surface area contributed by atoms with E-state index < -0.39 is 29.6 Å². The Hall–Kier alpha value is -2.77. The molecule has 0 saturated carbocycles. The second kappa shape index (κ2) is 8.07. The highest BCUT2D eigenvalue weighted by molar-refractivity contribution is 5.97. The van der Waals surface area contributed by atoms with Crippen molar-refractivity contribution in [3.8, 4) is 11.5 Å². The number of ether oxygens (including phenoxy) is 3. The van der Waals surface area contributed by atoms with Crippen molar-refractivity contribution in [2.24, 2.45) is 0 Å². The number of hydrogen-bond donors (Lipinski definition) is 2. The number of imide groups is 1. The summed E-state index contributed by atoms with van der Waals surface area (Å²) in [5.74, 6) is -0.0694. The summed E-state index contributed by atoms with van der Waals surface area (Å²) < 4.78 is 16.0. The Labute approximate surface area is 152 Å². The zero-order chi connectivity index (χ0) is 19.3. The standard InChI is InChI=1S/C18H24N2O6/c1-11(16(22)19-17(23)20-18(2,3)4)26-15(21)10-12-5-6-13-14(9-12)25-8-7-24-13/h5-6,9,11H,7-8,10H2,1-4H3,(H2,19,20,22,23)/t11-/m1/s1. The number of hydrogen-bond acceptors (Lipinski definition) is 6. The van der Waals surface area contributed by atoms with Crippen LogP contribution >= 0.6 is 0 Å². The predicted octanol–water partition coefficient (Wildman–Crippen LogP) is 1.56. The van der Waals surface area contributed by atoms with Crippen LogP contribution < -0.4 is 20.1 Å². The molecule has 0 saturated heterocycles. The van der Waals surface area contributed by atoms with E-state index in [1.807, 2.05) is 0 Å². The van der Waals surface area contributed by atoms with Crippen LogP contribution in [0, 0.1) is 0 Å². The number of carbonyl (C=O) groups excluding carboxylic acids is 3. The van der Waals surface area contributed by atoms with Gasteiger partial charge in [0.1, 0.15) is 13.2 Å². The SMILES string of the molecule is C[C@@H](OC(=O)Cc1ccc2c(c1)OCCO2)C(=O)NC(=O)NC(C)(C)C. The van der Waals surface area contributed by atoms with Crippen molar-refractivity contribution >= 4 is 17.9 Å². The van der Waals surface area contributed by atoms with Crippen LogP contribution in [-0.2, 0) is 20.7 Å². The van der Waals surface area contributed by atoms with Gasteiger partial charge in [-0.1, -0.05) is 6.07 Å². The Morgan fingerprint density at radius 3 is 2.46 bits per heavy atom. The second-order valence-electron chi connectivity index (χ2n) is 6.98. The highest BCUT2D eigenvalue weighted by Crippen LogP contribution is 2.30. The lowest BCUT2D eigenvalue weighted by Crippen LogP contribution is -2.50. The monoisotopic (exact) mass is 364 g/mol. The molecule has 0 aliphatic carbocycles. The molecule has 0 radical (unpaired) electrons. The largest absolute Gasteiger partial charge is 0.486 e. The third-order valence-corrected chi connectivity index (χ3v) is 3.36. The zero-order valence-electron chi connectivity index (χ0n) is 15.4. The number of carbonyl (C=O) groups is 3. The van der Waals surface area contributed by atoms with Gasteiger partial charge >= 0.3 is 12.0 Å². The molecular formula is C18H24N2O6. The van der Waals surface area contributed by atoms with E-state index in [4.69, 9.17) is 14.2 Å². The number of fused-ring (bicyclic) bond motifs is 1.